The van der Waals surface area contributed by atoms with Gasteiger partial charge in [-0.25, -0.2) is 4.39 Å². The average Bonchev–Trinajstić information content (AvgIpc) is 3.02. The summed E-state index contributed by atoms with van der Waals surface area (Å²) >= 11 is 0. The molecule has 0 spiro atoms. The number of anilines is 1. The Balaban J connectivity index is 1.49. The zero-order valence-electron chi connectivity index (χ0n) is 16.3. The molecular weight excluding hydrogens is 385 g/mol. The first-order chi connectivity index (χ1) is 14.7. The van der Waals surface area contributed by atoms with Crippen molar-refractivity contribution in [1.29, 1.82) is 5.26 Å². The third-order valence-electron chi connectivity index (χ3n) is 4.97. The van der Waals surface area contributed by atoms with Crippen molar-refractivity contribution in [3.63, 3.8) is 0 Å². The number of rotatable bonds is 5. The lowest BCUT2D eigenvalue weighted by atomic mass is 10.1. The largest absolute Gasteiger partial charge is 0.482 e. The molecule has 1 aromatic heterocycles. The minimum Gasteiger partial charge on any atom is -0.482 e. The summed E-state index contributed by atoms with van der Waals surface area (Å²) < 4.78 is 21.8. The van der Waals surface area contributed by atoms with Crippen LogP contribution in [0.15, 0.2) is 42.5 Å². The highest BCUT2D eigenvalue weighted by Crippen LogP contribution is 2.26. The molecule has 7 nitrogen and oxygen atoms in total. The van der Waals surface area contributed by atoms with Crippen LogP contribution in [0, 0.1) is 17.1 Å². The highest BCUT2D eigenvalue weighted by molar-refractivity contribution is 5.92. The topological polar surface area (TPSA) is 92.8 Å². The van der Waals surface area contributed by atoms with Crippen LogP contribution in [0.4, 0.5) is 10.1 Å². The molecule has 0 bridgehead atoms. The fourth-order valence-electron chi connectivity index (χ4n) is 3.47. The number of ether oxygens (including phenoxy) is 1. The Hall–Kier alpha value is -3.73. The van der Waals surface area contributed by atoms with Crippen molar-refractivity contribution in [2.24, 2.45) is 0 Å². The number of carbonyl (C=O) groups excluding carboxylic acids is 1. The molecule has 2 heterocycles. The minimum atomic E-state index is -0.555. The summed E-state index contributed by atoms with van der Waals surface area (Å²) in [5.74, 6) is 0.818. The summed E-state index contributed by atoms with van der Waals surface area (Å²) in [6, 6.07) is 13.1. The summed E-state index contributed by atoms with van der Waals surface area (Å²) in [6.07, 6.45) is 4.14. The van der Waals surface area contributed by atoms with Crippen LogP contribution in [0.3, 0.4) is 0 Å². The van der Waals surface area contributed by atoms with Crippen LogP contribution in [0.2, 0.25) is 0 Å². The van der Waals surface area contributed by atoms with Gasteiger partial charge in [-0.3, -0.25) is 4.79 Å². The molecule has 2 aromatic carbocycles. The Labute approximate surface area is 173 Å². The number of hydrogen-bond acceptors (Lipinski definition) is 5. The molecule has 4 rings (SSSR count). The van der Waals surface area contributed by atoms with E-state index in [9.17, 15) is 9.18 Å². The monoisotopic (exact) mass is 405 g/mol. The van der Waals surface area contributed by atoms with E-state index in [0.29, 0.717) is 22.7 Å². The lowest BCUT2D eigenvalue weighted by Crippen LogP contribution is -2.21. The first kappa shape index (κ1) is 19.6. The third kappa shape index (κ3) is 4.15. The number of fused-ring (bicyclic) bond motifs is 1. The van der Waals surface area contributed by atoms with Gasteiger partial charge in [0.15, 0.2) is 12.4 Å². The van der Waals surface area contributed by atoms with Crippen LogP contribution in [-0.2, 0) is 17.8 Å². The molecule has 1 N–H and O–H groups in total. The standard InChI is InChI=1S/C22H20FN5O2/c23-17-10-9-15(22-27-26-20-8-2-1-5-11-28(20)22)12-18(17)25-21(29)14-30-19-7-4-3-6-16(19)13-24/h3-4,6-7,9-10,12H,1-2,5,8,11,14H2,(H,25,29). The third-order valence-corrected chi connectivity index (χ3v) is 4.97. The van der Waals surface area contributed by atoms with Crippen LogP contribution >= 0.6 is 0 Å². The smallest absolute Gasteiger partial charge is 0.262 e. The highest BCUT2D eigenvalue weighted by Gasteiger charge is 2.18. The number of benzene rings is 2. The SMILES string of the molecule is N#Cc1ccccc1OCC(=O)Nc1cc(-c2nnc3n2CCCCC3)ccc1F. The van der Waals surface area contributed by atoms with E-state index in [-0.39, 0.29) is 12.3 Å². The van der Waals surface area contributed by atoms with Gasteiger partial charge in [-0.2, -0.15) is 5.26 Å². The van der Waals surface area contributed by atoms with Crippen LogP contribution in [-0.4, -0.2) is 27.3 Å². The molecule has 1 aliphatic rings. The molecule has 3 aromatic rings. The van der Waals surface area contributed by atoms with Crippen LogP contribution < -0.4 is 10.1 Å². The molecule has 1 amide bonds. The van der Waals surface area contributed by atoms with Crippen LogP contribution in [0.25, 0.3) is 11.4 Å². The fraction of sp³-hybridized carbons (Fsp3) is 0.273. The van der Waals surface area contributed by atoms with Crippen molar-refractivity contribution in [2.75, 3.05) is 11.9 Å². The first-order valence-corrected chi connectivity index (χ1v) is 9.79. The molecular formula is C22H20FN5O2. The van der Waals surface area contributed by atoms with Gasteiger partial charge in [-0.05, 0) is 43.2 Å². The Morgan fingerprint density at radius 3 is 2.93 bits per heavy atom. The van der Waals surface area contributed by atoms with E-state index < -0.39 is 11.7 Å². The van der Waals surface area contributed by atoms with Crippen molar-refractivity contribution in [2.45, 2.75) is 32.2 Å². The van der Waals surface area contributed by atoms with E-state index in [2.05, 4.69) is 20.1 Å². The lowest BCUT2D eigenvalue weighted by molar-refractivity contribution is -0.118. The van der Waals surface area contributed by atoms with Gasteiger partial charge in [0.2, 0.25) is 0 Å². The summed E-state index contributed by atoms with van der Waals surface area (Å²) in [5, 5.41) is 20.2. The van der Waals surface area contributed by atoms with Gasteiger partial charge in [0.1, 0.15) is 23.5 Å². The number of para-hydroxylation sites is 1. The van der Waals surface area contributed by atoms with E-state index in [1.165, 1.54) is 6.07 Å². The summed E-state index contributed by atoms with van der Waals surface area (Å²) in [7, 11) is 0. The Morgan fingerprint density at radius 2 is 2.07 bits per heavy atom. The number of hydrogen-bond donors (Lipinski definition) is 1. The van der Waals surface area contributed by atoms with Crippen molar-refractivity contribution in [1.82, 2.24) is 14.8 Å². The molecule has 0 fully saturated rings. The number of aromatic nitrogens is 3. The molecule has 152 valence electrons. The maximum atomic E-state index is 14.3. The van der Waals surface area contributed by atoms with Gasteiger partial charge in [-0.1, -0.05) is 18.6 Å². The number of aryl methyl sites for hydroxylation is 1. The van der Waals surface area contributed by atoms with Crippen LogP contribution in [0.5, 0.6) is 5.75 Å². The maximum Gasteiger partial charge on any atom is 0.262 e. The first-order valence-electron chi connectivity index (χ1n) is 9.79. The van der Waals surface area contributed by atoms with Gasteiger partial charge in [-0.15, -0.1) is 10.2 Å². The predicted molar refractivity (Wildman–Crippen MR) is 108 cm³/mol. The number of carbonyl (C=O) groups is 1. The zero-order chi connectivity index (χ0) is 20.9. The summed E-state index contributed by atoms with van der Waals surface area (Å²) in [5.41, 5.74) is 1.05. The summed E-state index contributed by atoms with van der Waals surface area (Å²) in [4.78, 5) is 12.3. The van der Waals surface area contributed by atoms with E-state index >= 15 is 0 Å². The normalized spacial score (nSPS) is 13.1. The van der Waals surface area contributed by atoms with E-state index in [1.807, 2.05) is 6.07 Å². The molecule has 30 heavy (non-hydrogen) atoms. The Morgan fingerprint density at radius 1 is 1.20 bits per heavy atom. The number of nitriles is 1. The number of nitrogens with one attached hydrogen (secondary N) is 1. The Kier molecular flexibility index (Phi) is 5.70. The molecule has 8 heteroatoms. The Bertz CT molecular complexity index is 1120. The molecule has 0 saturated carbocycles. The van der Waals surface area contributed by atoms with Gasteiger partial charge in [0.25, 0.3) is 5.91 Å². The minimum absolute atomic E-state index is 0.0423. The van der Waals surface area contributed by atoms with E-state index in [0.717, 1.165) is 38.1 Å². The van der Waals surface area contributed by atoms with E-state index in [4.69, 9.17) is 10.00 Å². The second-order valence-electron chi connectivity index (χ2n) is 7.04. The van der Waals surface area contributed by atoms with Crippen molar-refractivity contribution < 1.29 is 13.9 Å². The number of amides is 1. The molecule has 0 atom stereocenters. The van der Waals surface area contributed by atoms with E-state index in [1.54, 1.807) is 36.4 Å². The molecule has 0 saturated heterocycles. The zero-order valence-corrected chi connectivity index (χ0v) is 16.3. The van der Waals surface area contributed by atoms with Crippen LogP contribution in [0.1, 0.15) is 30.7 Å². The van der Waals surface area contributed by atoms with Crippen molar-refractivity contribution in [3.05, 3.63) is 59.7 Å². The highest BCUT2D eigenvalue weighted by atomic mass is 19.1. The second-order valence-corrected chi connectivity index (χ2v) is 7.04. The van der Waals surface area contributed by atoms with Gasteiger partial charge < -0.3 is 14.6 Å². The predicted octanol–water partition coefficient (Wildman–Crippen LogP) is 3.70. The molecule has 0 radical (unpaired) electrons. The number of nitrogens with zero attached hydrogens (tertiary/aromatic N) is 4. The molecule has 1 aliphatic heterocycles. The van der Waals surface area contributed by atoms with Gasteiger partial charge >= 0.3 is 0 Å². The maximum absolute atomic E-state index is 14.3. The quantitative estimate of drug-likeness (QED) is 0.699. The lowest BCUT2D eigenvalue weighted by Gasteiger charge is -2.11. The molecule has 0 aliphatic carbocycles. The van der Waals surface area contributed by atoms with Gasteiger partial charge in [0.05, 0.1) is 11.3 Å². The average molecular weight is 405 g/mol. The fourth-order valence-corrected chi connectivity index (χ4v) is 3.47. The number of halogens is 1. The second kappa shape index (κ2) is 8.74. The van der Waals surface area contributed by atoms with Crippen molar-refractivity contribution in [3.8, 4) is 23.2 Å². The summed E-state index contributed by atoms with van der Waals surface area (Å²) in [6.45, 7) is 0.478. The van der Waals surface area contributed by atoms with Crippen molar-refractivity contribution >= 4 is 11.6 Å². The molecule has 0 unspecified atom stereocenters. The van der Waals surface area contributed by atoms with Gasteiger partial charge in [0, 0.05) is 18.5 Å².